The highest BCUT2D eigenvalue weighted by Gasteiger charge is 2.26. The molecule has 0 unspecified atom stereocenters. The van der Waals surface area contributed by atoms with Gasteiger partial charge in [0.2, 0.25) is 0 Å². The Kier molecular flexibility index (Phi) is 4.48. The van der Waals surface area contributed by atoms with E-state index in [1.165, 1.54) is 0 Å². The van der Waals surface area contributed by atoms with Gasteiger partial charge in [-0.1, -0.05) is 12.1 Å². The van der Waals surface area contributed by atoms with Crippen LogP contribution >= 0.6 is 0 Å². The maximum atomic E-state index is 12.6. The monoisotopic (exact) mass is 313 g/mol. The average molecular weight is 313 g/mol. The Hall–Kier alpha value is -2.14. The SMILES string of the molecule is CO[C@H]1CCN(C(=O)c2cccc(Cn3nc(C)cc3C)c2)C1. The third kappa shape index (κ3) is 3.45. The Morgan fingerprint density at radius 3 is 2.83 bits per heavy atom. The first kappa shape index (κ1) is 15.7. The Balaban J connectivity index is 1.75. The van der Waals surface area contributed by atoms with Gasteiger partial charge < -0.3 is 9.64 Å². The van der Waals surface area contributed by atoms with E-state index < -0.39 is 0 Å². The van der Waals surface area contributed by atoms with Crippen molar-refractivity contribution in [3.8, 4) is 0 Å². The van der Waals surface area contributed by atoms with Gasteiger partial charge in [0.1, 0.15) is 0 Å². The van der Waals surface area contributed by atoms with Crippen LogP contribution < -0.4 is 0 Å². The van der Waals surface area contributed by atoms with Crippen molar-refractivity contribution in [2.24, 2.45) is 0 Å². The van der Waals surface area contributed by atoms with Crippen LogP contribution in [0.4, 0.5) is 0 Å². The number of aryl methyl sites for hydroxylation is 2. The van der Waals surface area contributed by atoms with Crippen molar-refractivity contribution >= 4 is 5.91 Å². The Morgan fingerprint density at radius 1 is 1.35 bits per heavy atom. The van der Waals surface area contributed by atoms with E-state index in [0.29, 0.717) is 13.1 Å². The number of amides is 1. The Morgan fingerprint density at radius 2 is 2.17 bits per heavy atom. The maximum absolute atomic E-state index is 12.6. The molecule has 0 spiro atoms. The number of carbonyl (C=O) groups is 1. The molecule has 23 heavy (non-hydrogen) atoms. The van der Waals surface area contributed by atoms with Crippen molar-refractivity contribution < 1.29 is 9.53 Å². The molecule has 0 N–H and O–H groups in total. The van der Waals surface area contributed by atoms with E-state index in [4.69, 9.17) is 4.74 Å². The fraction of sp³-hybridized carbons (Fsp3) is 0.444. The molecule has 1 saturated heterocycles. The summed E-state index contributed by atoms with van der Waals surface area (Å²) in [7, 11) is 1.70. The largest absolute Gasteiger partial charge is 0.380 e. The zero-order valence-electron chi connectivity index (χ0n) is 14.0. The van der Waals surface area contributed by atoms with Gasteiger partial charge in [0.05, 0.1) is 18.3 Å². The molecular formula is C18H23N3O2. The predicted molar refractivity (Wildman–Crippen MR) is 88.6 cm³/mol. The van der Waals surface area contributed by atoms with Crippen LogP contribution in [0.2, 0.25) is 0 Å². The van der Waals surface area contributed by atoms with E-state index >= 15 is 0 Å². The normalized spacial score (nSPS) is 17.7. The summed E-state index contributed by atoms with van der Waals surface area (Å²) in [6.45, 7) is 6.16. The average Bonchev–Trinajstić information content (AvgIpc) is 3.14. The fourth-order valence-corrected chi connectivity index (χ4v) is 3.10. The number of hydrogen-bond donors (Lipinski definition) is 0. The van der Waals surface area contributed by atoms with Crippen LogP contribution in [0.25, 0.3) is 0 Å². The van der Waals surface area contributed by atoms with Crippen molar-refractivity contribution in [3.05, 3.63) is 52.8 Å². The van der Waals surface area contributed by atoms with E-state index in [9.17, 15) is 4.79 Å². The third-order valence-corrected chi connectivity index (χ3v) is 4.38. The minimum atomic E-state index is 0.0831. The fourth-order valence-electron chi connectivity index (χ4n) is 3.10. The summed E-state index contributed by atoms with van der Waals surface area (Å²) in [5, 5.41) is 4.48. The smallest absolute Gasteiger partial charge is 0.253 e. The summed E-state index contributed by atoms with van der Waals surface area (Å²) in [6.07, 6.45) is 1.07. The van der Waals surface area contributed by atoms with Gasteiger partial charge in [0, 0.05) is 31.5 Å². The highest BCUT2D eigenvalue weighted by Crippen LogP contribution is 2.17. The van der Waals surface area contributed by atoms with Crippen molar-refractivity contribution in [1.82, 2.24) is 14.7 Å². The molecule has 1 aromatic heterocycles. The number of nitrogens with zero attached hydrogens (tertiary/aromatic N) is 3. The molecule has 0 bridgehead atoms. The zero-order chi connectivity index (χ0) is 16.4. The third-order valence-electron chi connectivity index (χ3n) is 4.38. The van der Waals surface area contributed by atoms with Crippen LogP contribution in [-0.2, 0) is 11.3 Å². The Labute approximate surface area is 136 Å². The van der Waals surface area contributed by atoms with Gasteiger partial charge >= 0.3 is 0 Å². The van der Waals surface area contributed by atoms with Crippen LogP contribution in [0.3, 0.4) is 0 Å². The highest BCUT2D eigenvalue weighted by atomic mass is 16.5. The summed E-state index contributed by atoms with van der Waals surface area (Å²) in [5.74, 6) is 0.0831. The van der Waals surface area contributed by atoms with Gasteiger partial charge in [-0.05, 0) is 44.0 Å². The molecule has 0 aliphatic carbocycles. The topological polar surface area (TPSA) is 47.4 Å². The second kappa shape index (κ2) is 6.54. The first-order valence-corrected chi connectivity index (χ1v) is 7.99. The molecule has 2 heterocycles. The van der Waals surface area contributed by atoms with Crippen LogP contribution in [-0.4, -0.2) is 46.9 Å². The number of aromatic nitrogens is 2. The van der Waals surface area contributed by atoms with Crippen molar-refractivity contribution in [2.45, 2.75) is 32.9 Å². The lowest BCUT2D eigenvalue weighted by molar-refractivity contribution is 0.0724. The predicted octanol–water partition coefficient (Wildman–Crippen LogP) is 2.41. The van der Waals surface area contributed by atoms with Gasteiger partial charge in [0.25, 0.3) is 5.91 Å². The summed E-state index contributed by atoms with van der Waals surface area (Å²) in [5.41, 5.74) is 3.96. The van der Waals surface area contributed by atoms with Gasteiger partial charge in [-0.25, -0.2) is 0 Å². The lowest BCUT2D eigenvalue weighted by atomic mass is 10.1. The molecule has 5 nitrogen and oxygen atoms in total. The second-order valence-electron chi connectivity index (χ2n) is 6.18. The molecule has 1 aromatic carbocycles. The van der Waals surface area contributed by atoms with Crippen molar-refractivity contribution in [3.63, 3.8) is 0 Å². The van der Waals surface area contributed by atoms with Gasteiger partial charge in [-0.2, -0.15) is 5.10 Å². The van der Waals surface area contributed by atoms with Gasteiger partial charge in [0.15, 0.2) is 0 Å². The number of carbonyl (C=O) groups excluding carboxylic acids is 1. The van der Waals surface area contributed by atoms with E-state index in [1.807, 2.05) is 47.7 Å². The van der Waals surface area contributed by atoms with Gasteiger partial charge in [-0.15, -0.1) is 0 Å². The Bertz CT molecular complexity index is 708. The number of benzene rings is 1. The van der Waals surface area contributed by atoms with Crippen LogP contribution in [0, 0.1) is 13.8 Å². The molecule has 0 saturated carbocycles. The molecule has 1 amide bonds. The molecule has 1 fully saturated rings. The number of methoxy groups -OCH3 is 1. The zero-order valence-corrected chi connectivity index (χ0v) is 14.0. The van der Waals surface area contributed by atoms with Crippen LogP contribution in [0.5, 0.6) is 0 Å². The summed E-state index contributed by atoms with van der Waals surface area (Å²) < 4.78 is 7.31. The van der Waals surface area contributed by atoms with Crippen LogP contribution in [0.15, 0.2) is 30.3 Å². The standard InChI is InChI=1S/C18H23N3O2/c1-13-9-14(2)21(19-13)11-15-5-4-6-16(10-15)18(22)20-8-7-17(12-20)23-3/h4-6,9-10,17H,7-8,11-12H2,1-3H3/t17-/m0/s1. The molecular weight excluding hydrogens is 290 g/mol. The van der Waals surface area contributed by atoms with E-state index in [0.717, 1.165) is 35.5 Å². The van der Waals surface area contributed by atoms with Crippen molar-refractivity contribution in [2.75, 3.05) is 20.2 Å². The lowest BCUT2D eigenvalue weighted by Gasteiger charge is -2.16. The molecule has 1 aliphatic rings. The first-order chi connectivity index (χ1) is 11.1. The minimum absolute atomic E-state index is 0.0831. The number of rotatable bonds is 4. The maximum Gasteiger partial charge on any atom is 0.253 e. The quantitative estimate of drug-likeness (QED) is 0.871. The molecule has 5 heteroatoms. The van der Waals surface area contributed by atoms with Crippen LogP contribution in [0.1, 0.15) is 33.7 Å². The molecule has 0 radical (unpaired) electrons. The molecule has 1 aliphatic heterocycles. The van der Waals surface area contributed by atoms with Crippen molar-refractivity contribution in [1.29, 1.82) is 0 Å². The summed E-state index contributed by atoms with van der Waals surface area (Å²) in [6, 6.07) is 9.89. The van der Waals surface area contributed by atoms with E-state index in [2.05, 4.69) is 11.2 Å². The first-order valence-electron chi connectivity index (χ1n) is 7.99. The summed E-state index contributed by atoms with van der Waals surface area (Å²) in [4.78, 5) is 14.5. The number of likely N-dealkylation sites (tertiary alicyclic amines) is 1. The number of ether oxygens (including phenoxy) is 1. The van der Waals surface area contributed by atoms with E-state index in [-0.39, 0.29) is 12.0 Å². The van der Waals surface area contributed by atoms with E-state index in [1.54, 1.807) is 7.11 Å². The molecule has 2 aromatic rings. The van der Waals surface area contributed by atoms with Gasteiger partial charge in [-0.3, -0.25) is 9.48 Å². The number of hydrogen-bond acceptors (Lipinski definition) is 3. The lowest BCUT2D eigenvalue weighted by Crippen LogP contribution is -2.30. The summed E-state index contributed by atoms with van der Waals surface area (Å²) >= 11 is 0. The second-order valence-corrected chi connectivity index (χ2v) is 6.18. The molecule has 1 atom stereocenters. The minimum Gasteiger partial charge on any atom is -0.380 e. The molecule has 3 rings (SSSR count). The molecule has 122 valence electrons. The highest BCUT2D eigenvalue weighted by molar-refractivity contribution is 5.94.